The number of likely N-dealkylation sites (tertiary alicyclic amines) is 1. The lowest BCUT2D eigenvalue weighted by molar-refractivity contribution is -0.137. The number of benzene rings is 1. The fourth-order valence-electron chi connectivity index (χ4n) is 8.63. The number of nitrogens with zero attached hydrogens (tertiary/aromatic N) is 6. The third-order valence-corrected chi connectivity index (χ3v) is 11.3. The van der Waals surface area contributed by atoms with Crippen LogP contribution in [0.1, 0.15) is 78.1 Å². The van der Waals surface area contributed by atoms with Crippen molar-refractivity contribution in [3.05, 3.63) is 86.3 Å². The molecule has 1 unspecified atom stereocenters. The van der Waals surface area contributed by atoms with Gasteiger partial charge in [0, 0.05) is 35.5 Å². The Kier molecular flexibility index (Phi) is 7.98. The molecule has 1 spiro atoms. The summed E-state index contributed by atoms with van der Waals surface area (Å²) in [5.74, 6) is -0.873. The molecule has 4 aliphatic rings. The van der Waals surface area contributed by atoms with Crippen LogP contribution in [-0.4, -0.2) is 71.8 Å². The van der Waals surface area contributed by atoms with Crippen LogP contribution in [0.5, 0.6) is 5.75 Å². The zero-order chi connectivity index (χ0) is 35.8. The molecule has 1 saturated carbocycles. The molecule has 2 N–H and O–H groups in total. The van der Waals surface area contributed by atoms with Gasteiger partial charge in [0.05, 0.1) is 29.5 Å². The highest BCUT2D eigenvalue weighted by atomic mass is 35.5. The highest BCUT2D eigenvalue weighted by Crippen LogP contribution is 2.59. The molecule has 12 nitrogen and oxygen atoms in total. The minimum atomic E-state index is -4.60. The van der Waals surface area contributed by atoms with Gasteiger partial charge < -0.3 is 24.6 Å². The first-order chi connectivity index (χ1) is 24.4. The van der Waals surface area contributed by atoms with Crippen molar-refractivity contribution in [1.82, 2.24) is 29.0 Å². The van der Waals surface area contributed by atoms with Gasteiger partial charge in [0.1, 0.15) is 12.3 Å². The van der Waals surface area contributed by atoms with Crippen LogP contribution in [0.2, 0.25) is 5.02 Å². The molecule has 1 saturated heterocycles. The molecule has 2 aliphatic heterocycles. The molecule has 4 atom stereocenters. The van der Waals surface area contributed by atoms with Crippen LogP contribution in [0.15, 0.2) is 47.4 Å². The monoisotopic (exact) mass is 723 g/mol. The third kappa shape index (κ3) is 5.39. The average Bonchev–Trinajstić information content (AvgIpc) is 3.65. The van der Waals surface area contributed by atoms with Gasteiger partial charge in [-0.15, -0.1) is 5.10 Å². The summed E-state index contributed by atoms with van der Waals surface area (Å²) in [7, 11) is 0. The van der Waals surface area contributed by atoms with Gasteiger partial charge in [-0.05, 0) is 79.8 Å². The number of amides is 2. The molecule has 5 heterocycles. The zero-order valence-corrected chi connectivity index (χ0v) is 28.2. The standard InChI is InChI=1S/C35H33ClF3N7O5/c1-18-16-34(10-12-44(24-7-5-21(24)34)32(50)28-25(47)3-2-11-40-28)27-29(18)45(17-26(48)41-23-6-4-20(15-22(23)36)35(37,38)39)33-42-30(43-46(33)31(27)49)19-8-13-51-14-9-19/h2-4,6,8,11,15,18,21,24,47H,5,7,9-10,12-14,16-17H2,1H3,(H,41,48)/t18-,21-,24+,34?/m1/s1. The van der Waals surface area contributed by atoms with Crippen LogP contribution in [0.25, 0.3) is 11.4 Å². The van der Waals surface area contributed by atoms with Gasteiger partial charge in [0.15, 0.2) is 11.5 Å². The lowest BCUT2D eigenvalue weighted by Crippen LogP contribution is -2.63. The van der Waals surface area contributed by atoms with Crippen molar-refractivity contribution in [2.45, 2.75) is 69.1 Å². The predicted molar refractivity (Wildman–Crippen MR) is 179 cm³/mol. The first kappa shape index (κ1) is 33.4. The van der Waals surface area contributed by atoms with Crippen molar-refractivity contribution < 1.29 is 32.6 Å². The number of nitrogens with one attached hydrogen (secondary N) is 1. The van der Waals surface area contributed by atoms with Crippen molar-refractivity contribution in [2.75, 3.05) is 25.1 Å². The first-order valence-electron chi connectivity index (χ1n) is 16.8. The first-order valence-corrected chi connectivity index (χ1v) is 17.2. The van der Waals surface area contributed by atoms with E-state index in [1.807, 2.05) is 13.0 Å². The number of pyridine rings is 1. The van der Waals surface area contributed by atoms with E-state index in [1.165, 1.54) is 16.8 Å². The van der Waals surface area contributed by atoms with E-state index < -0.39 is 23.1 Å². The number of alkyl halides is 3. The van der Waals surface area contributed by atoms with E-state index in [0.29, 0.717) is 56.1 Å². The molecular weight excluding hydrogens is 691 g/mol. The van der Waals surface area contributed by atoms with Crippen molar-refractivity contribution in [3.8, 4) is 5.75 Å². The van der Waals surface area contributed by atoms with Crippen LogP contribution in [0.4, 0.5) is 18.9 Å². The fraction of sp³-hybridized carbons (Fsp3) is 0.429. The summed E-state index contributed by atoms with van der Waals surface area (Å²) < 4.78 is 48.2. The summed E-state index contributed by atoms with van der Waals surface area (Å²) in [5, 5.41) is 17.4. The van der Waals surface area contributed by atoms with Gasteiger partial charge in [-0.1, -0.05) is 24.6 Å². The van der Waals surface area contributed by atoms with Gasteiger partial charge >= 0.3 is 6.18 Å². The Morgan fingerprint density at radius 2 is 2.04 bits per heavy atom. The van der Waals surface area contributed by atoms with Crippen molar-refractivity contribution in [2.24, 2.45) is 5.92 Å². The number of halogens is 4. The average molecular weight is 724 g/mol. The number of rotatable bonds is 5. The number of hydrogen-bond acceptors (Lipinski definition) is 8. The van der Waals surface area contributed by atoms with E-state index in [1.54, 1.807) is 15.5 Å². The van der Waals surface area contributed by atoms with Crippen molar-refractivity contribution in [3.63, 3.8) is 0 Å². The van der Waals surface area contributed by atoms with E-state index in [9.17, 15) is 32.7 Å². The maximum atomic E-state index is 14.6. The third-order valence-electron chi connectivity index (χ3n) is 10.9. The fourth-order valence-corrected chi connectivity index (χ4v) is 8.86. The Morgan fingerprint density at radius 1 is 1.22 bits per heavy atom. The highest BCUT2D eigenvalue weighted by Gasteiger charge is 2.60. The van der Waals surface area contributed by atoms with Crippen molar-refractivity contribution >= 4 is 40.5 Å². The number of aromatic nitrogens is 5. The lowest BCUT2D eigenvalue weighted by atomic mass is 9.55. The number of ether oxygens (including phenoxy) is 1. The number of fused-ring (bicyclic) bond motifs is 5. The number of carbonyl (C=O) groups excluding carboxylic acids is 2. The lowest BCUT2D eigenvalue weighted by Gasteiger charge is -2.57. The molecule has 0 bridgehead atoms. The molecule has 16 heteroatoms. The quantitative estimate of drug-likeness (QED) is 0.287. The summed E-state index contributed by atoms with van der Waals surface area (Å²) in [5.41, 5.74) is 0.106. The van der Waals surface area contributed by atoms with Gasteiger partial charge in [-0.25, -0.2) is 4.98 Å². The molecule has 0 radical (unpaired) electrons. The minimum Gasteiger partial charge on any atom is -0.505 e. The van der Waals surface area contributed by atoms with Crippen LogP contribution < -0.4 is 10.9 Å². The van der Waals surface area contributed by atoms with Gasteiger partial charge in [-0.3, -0.25) is 14.4 Å². The Hall–Kier alpha value is -4.76. The molecule has 266 valence electrons. The van der Waals surface area contributed by atoms with E-state index in [0.717, 1.165) is 36.6 Å². The van der Waals surface area contributed by atoms with E-state index in [2.05, 4.69) is 15.4 Å². The zero-order valence-electron chi connectivity index (χ0n) is 27.4. The number of anilines is 1. The van der Waals surface area contributed by atoms with Gasteiger partial charge in [-0.2, -0.15) is 22.7 Å². The second-order valence-electron chi connectivity index (χ2n) is 13.7. The summed E-state index contributed by atoms with van der Waals surface area (Å²) in [6.07, 6.45) is 1.83. The van der Waals surface area contributed by atoms with Gasteiger partial charge in [0.25, 0.3) is 11.5 Å². The summed E-state index contributed by atoms with van der Waals surface area (Å²) in [6, 6.07) is 5.51. The van der Waals surface area contributed by atoms with Crippen LogP contribution in [0, 0.1) is 5.92 Å². The number of piperidine rings is 1. The molecule has 4 aromatic rings. The van der Waals surface area contributed by atoms with E-state index >= 15 is 0 Å². The number of aromatic hydroxyl groups is 1. The Labute approximate surface area is 293 Å². The van der Waals surface area contributed by atoms with Crippen LogP contribution in [0.3, 0.4) is 0 Å². The number of carbonyl (C=O) groups is 2. The van der Waals surface area contributed by atoms with Gasteiger partial charge in [0.2, 0.25) is 11.7 Å². The Bertz CT molecular complexity index is 2200. The Balaban J connectivity index is 1.20. The second kappa shape index (κ2) is 12.2. The predicted octanol–water partition coefficient (Wildman–Crippen LogP) is 5.18. The molecular formula is C35H33ClF3N7O5. The maximum absolute atomic E-state index is 14.6. The number of hydrogen-bond donors (Lipinski definition) is 2. The molecule has 2 amide bonds. The summed E-state index contributed by atoms with van der Waals surface area (Å²) in [4.78, 5) is 52.6. The van der Waals surface area contributed by atoms with E-state index in [4.69, 9.17) is 21.3 Å². The molecule has 3 aromatic heterocycles. The summed E-state index contributed by atoms with van der Waals surface area (Å²) >= 11 is 6.17. The largest absolute Gasteiger partial charge is 0.505 e. The molecule has 1 aromatic carbocycles. The molecule has 2 aliphatic carbocycles. The molecule has 51 heavy (non-hydrogen) atoms. The smallest absolute Gasteiger partial charge is 0.416 e. The maximum Gasteiger partial charge on any atom is 0.416 e. The highest BCUT2D eigenvalue weighted by molar-refractivity contribution is 6.33. The SMILES string of the molecule is C[C@@H]1CC2(CCN(C(=O)c3ncccc3O)[C@H]3CC[C@H]32)c2c1n(CC(=O)Nc1ccc(C(F)(F)F)cc1Cl)c1nc(C3=CCOCC3)nn1c2=O. The van der Waals surface area contributed by atoms with Crippen molar-refractivity contribution in [1.29, 1.82) is 0 Å². The molecule has 8 rings (SSSR count). The van der Waals surface area contributed by atoms with E-state index in [-0.39, 0.29) is 63.8 Å². The topological polar surface area (TPSA) is 144 Å². The minimum absolute atomic E-state index is 0.00991. The Morgan fingerprint density at radius 3 is 2.73 bits per heavy atom. The van der Waals surface area contributed by atoms with Crippen LogP contribution in [-0.2, 0) is 27.7 Å². The van der Waals surface area contributed by atoms with Crippen LogP contribution >= 0.6 is 11.6 Å². The normalized spacial score (nSPS) is 24.2. The molecule has 2 fully saturated rings. The second-order valence-corrected chi connectivity index (χ2v) is 14.1. The summed E-state index contributed by atoms with van der Waals surface area (Å²) in [6.45, 7) is 2.85.